The zero-order valence-corrected chi connectivity index (χ0v) is 36.1. The van der Waals surface area contributed by atoms with E-state index in [-0.39, 0.29) is 74.5 Å². The number of fused-ring (bicyclic) bond motifs is 2. The summed E-state index contributed by atoms with van der Waals surface area (Å²) in [5.74, 6) is -2.31. The van der Waals surface area contributed by atoms with Gasteiger partial charge in [0.05, 0.1) is 47.9 Å². The van der Waals surface area contributed by atoms with Crippen LogP contribution in [0, 0.1) is 17.6 Å². The molecule has 2 aliphatic heterocycles. The van der Waals surface area contributed by atoms with Crippen LogP contribution in [0.2, 0.25) is 0 Å². The Labute approximate surface area is 359 Å². The molecule has 3 aliphatic rings. The number of hydrogen-bond acceptors (Lipinski definition) is 7. The second-order valence-electron chi connectivity index (χ2n) is 17.4. The minimum absolute atomic E-state index is 0.00303. The summed E-state index contributed by atoms with van der Waals surface area (Å²) in [7, 11) is 3.30. The highest BCUT2D eigenvalue weighted by Gasteiger charge is 2.43. The number of rotatable bonds is 15. The molecule has 0 spiro atoms. The van der Waals surface area contributed by atoms with Crippen molar-refractivity contribution in [2.45, 2.75) is 134 Å². The van der Waals surface area contributed by atoms with Crippen LogP contribution in [0.15, 0.2) is 36.4 Å². The molecule has 13 nitrogen and oxygen atoms in total. The number of amides is 4. The third-order valence-corrected chi connectivity index (χ3v) is 13.3. The van der Waals surface area contributed by atoms with Gasteiger partial charge < -0.3 is 40.6 Å². The van der Waals surface area contributed by atoms with Gasteiger partial charge in [-0.2, -0.15) is 0 Å². The van der Waals surface area contributed by atoms with Crippen LogP contribution in [0.4, 0.5) is 17.6 Å². The zero-order valence-electron chi connectivity index (χ0n) is 36.1. The molecule has 4 heterocycles. The molecule has 0 radical (unpaired) electrons. The smallest absolute Gasteiger partial charge is 0.245 e. The maximum atomic E-state index is 15.7. The molecule has 8 atom stereocenters. The number of benzene rings is 2. The van der Waals surface area contributed by atoms with E-state index in [9.17, 15) is 28.0 Å². The summed E-state index contributed by atoms with van der Waals surface area (Å²) in [5.41, 5.74) is 2.24. The maximum absolute atomic E-state index is 15.7. The molecule has 1 unspecified atom stereocenters. The Morgan fingerprint density at radius 3 is 2.10 bits per heavy atom. The molecule has 2 aromatic carbocycles. The molecule has 336 valence electrons. The van der Waals surface area contributed by atoms with Gasteiger partial charge in [0.2, 0.25) is 23.6 Å². The number of nitrogens with one attached hydrogen (secondary N) is 5. The van der Waals surface area contributed by atoms with Gasteiger partial charge in [-0.15, -0.1) is 0 Å². The average Bonchev–Trinajstić information content (AvgIpc) is 4.03. The van der Waals surface area contributed by atoms with Crippen molar-refractivity contribution in [1.29, 1.82) is 0 Å². The van der Waals surface area contributed by atoms with Crippen LogP contribution in [0.1, 0.15) is 77.7 Å². The number of likely N-dealkylation sites (tertiary alicyclic amines) is 2. The lowest BCUT2D eigenvalue weighted by Gasteiger charge is -2.35. The topological polar surface area (TPSA) is 156 Å². The summed E-state index contributed by atoms with van der Waals surface area (Å²) in [4.78, 5) is 66.0. The van der Waals surface area contributed by atoms with Crippen LogP contribution in [0.5, 0.6) is 0 Å². The van der Waals surface area contributed by atoms with Crippen molar-refractivity contribution in [3.63, 3.8) is 0 Å². The van der Waals surface area contributed by atoms with Crippen LogP contribution in [0.25, 0.3) is 33.5 Å². The molecule has 1 saturated carbocycles. The Kier molecular flexibility index (Phi) is 13.9. The number of carbonyl (C=O) groups is 4. The van der Waals surface area contributed by atoms with E-state index < -0.39 is 66.1 Å². The van der Waals surface area contributed by atoms with Crippen molar-refractivity contribution in [3.8, 4) is 11.5 Å². The van der Waals surface area contributed by atoms with E-state index >= 15 is 8.78 Å². The second-order valence-corrected chi connectivity index (χ2v) is 17.4. The average molecular weight is 866 g/mol. The minimum atomic E-state index is -1.35. The first kappa shape index (κ1) is 45.0. The Bertz CT molecular complexity index is 2280. The summed E-state index contributed by atoms with van der Waals surface area (Å²) < 4.78 is 62.6. The SMILES string of the molecule is CC[C@H](NC(=O)[C@H](C)NC)C(=O)N1C[C@@H](F)C[C@H]1Cn1c(-c2[nH]c3cc(F)ccc3c2C[C@@H]2C[C@H](F)CN2C(=O)C(NC(=O)[C@H](C)NC)C2CCCCC2)nc2cc(F)ccc21. The molecule has 3 fully saturated rings. The summed E-state index contributed by atoms with van der Waals surface area (Å²) in [6.07, 6.45) is 2.14. The van der Waals surface area contributed by atoms with Crippen molar-refractivity contribution in [2.24, 2.45) is 5.92 Å². The van der Waals surface area contributed by atoms with Gasteiger partial charge in [-0.1, -0.05) is 26.2 Å². The minimum Gasteiger partial charge on any atom is -0.352 e. The van der Waals surface area contributed by atoms with Crippen LogP contribution in [-0.4, -0.2) is 124 Å². The first-order valence-electron chi connectivity index (χ1n) is 22.0. The summed E-state index contributed by atoms with van der Waals surface area (Å²) in [6, 6.07) is 4.20. The fourth-order valence-electron chi connectivity index (χ4n) is 9.58. The largest absolute Gasteiger partial charge is 0.352 e. The van der Waals surface area contributed by atoms with E-state index in [0.29, 0.717) is 33.5 Å². The summed E-state index contributed by atoms with van der Waals surface area (Å²) in [6.45, 7) is 4.85. The van der Waals surface area contributed by atoms with Crippen LogP contribution < -0.4 is 21.3 Å². The predicted octanol–water partition coefficient (Wildman–Crippen LogP) is 5.06. The lowest BCUT2D eigenvalue weighted by atomic mass is 9.83. The number of likely N-dealkylation sites (N-methyl/N-ethyl adjacent to an activating group) is 2. The highest BCUT2D eigenvalue weighted by molar-refractivity contribution is 5.93. The molecule has 2 aromatic heterocycles. The molecule has 4 amide bonds. The van der Waals surface area contributed by atoms with Gasteiger partial charge in [-0.05, 0) is 95.4 Å². The Morgan fingerprint density at radius 2 is 1.44 bits per heavy atom. The van der Waals surface area contributed by atoms with Crippen LogP contribution in [-0.2, 0) is 32.1 Å². The van der Waals surface area contributed by atoms with Gasteiger partial charge in [-0.3, -0.25) is 19.2 Å². The highest BCUT2D eigenvalue weighted by atomic mass is 19.1. The maximum Gasteiger partial charge on any atom is 0.245 e. The molecule has 17 heteroatoms. The molecule has 62 heavy (non-hydrogen) atoms. The number of alkyl halides is 2. The first-order valence-corrected chi connectivity index (χ1v) is 22.0. The van der Waals surface area contributed by atoms with E-state index in [4.69, 9.17) is 4.98 Å². The molecular formula is C45H59F4N9O4. The standard InChI is InChI=1S/C45H59F4N9O4/c1-6-35(54-42(59)24(2)50-4)44(61)57-22-30(49)17-32(57)23-58-38-15-13-28(47)19-37(38)53-41(58)40-34(33-14-12-27(46)18-36(33)52-40)20-31-16-29(48)21-56(31)45(62)39(26-10-8-7-9-11-26)55-43(60)25(3)51-5/h12-15,18-19,24-26,29-32,35,39,50-52H,6-11,16-17,20-23H2,1-5H3,(H,54,59)(H,55,60)/t24-,25-,29-,30-,31-,32-,35-,39?/m0/s1. The van der Waals surface area contributed by atoms with Gasteiger partial charge in [0.25, 0.3) is 0 Å². The molecule has 5 N–H and O–H groups in total. The highest BCUT2D eigenvalue weighted by Crippen LogP contribution is 2.38. The van der Waals surface area contributed by atoms with Gasteiger partial charge in [0.1, 0.15) is 36.1 Å². The van der Waals surface area contributed by atoms with Crippen LogP contribution in [0.3, 0.4) is 0 Å². The number of imidazole rings is 1. The van der Waals surface area contributed by atoms with Gasteiger partial charge in [-0.25, -0.2) is 22.5 Å². The fourth-order valence-corrected chi connectivity index (χ4v) is 9.58. The molecule has 2 saturated heterocycles. The van der Waals surface area contributed by atoms with Gasteiger partial charge in [0, 0.05) is 42.4 Å². The summed E-state index contributed by atoms with van der Waals surface area (Å²) in [5, 5.41) is 12.2. The Morgan fingerprint density at radius 1 is 0.823 bits per heavy atom. The van der Waals surface area contributed by atoms with E-state index in [1.165, 1.54) is 29.2 Å². The van der Waals surface area contributed by atoms with E-state index in [1.54, 1.807) is 56.5 Å². The number of nitrogens with zero attached hydrogens (tertiary/aromatic N) is 4. The normalized spacial score (nSPS) is 22.9. The monoisotopic (exact) mass is 865 g/mol. The zero-order chi connectivity index (χ0) is 44.4. The lowest BCUT2D eigenvalue weighted by molar-refractivity contribution is -0.139. The second kappa shape index (κ2) is 19.2. The summed E-state index contributed by atoms with van der Waals surface area (Å²) >= 11 is 0. The number of aromatic amines is 1. The van der Waals surface area contributed by atoms with Crippen molar-refractivity contribution < 1.29 is 36.7 Å². The number of carbonyl (C=O) groups excluding carboxylic acids is 4. The predicted molar refractivity (Wildman–Crippen MR) is 228 cm³/mol. The molecule has 4 aromatic rings. The fraction of sp³-hybridized carbons (Fsp3) is 0.578. The number of hydrogen-bond donors (Lipinski definition) is 5. The Balaban J connectivity index is 1.27. The van der Waals surface area contributed by atoms with Gasteiger partial charge >= 0.3 is 0 Å². The van der Waals surface area contributed by atoms with E-state index in [2.05, 4.69) is 26.3 Å². The first-order chi connectivity index (χ1) is 29.7. The molecule has 1 aliphatic carbocycles. The van der Waals surface area contributed by atoms with Crippen molar-refractivity contribution in [2.75, 3.05) is 27.2 Å². The number of aromatic nitrogens is 3. The quantitative estimate of drug-likeness (QED) is 0.105. The lowest BCUT2D eigenvalue weighted by Crippen LogP contribution is -2.56. The van der Waals surface area contributed by atoms with Crippen molar-refractivity contribution >= 4 is 45.6 Å². The molecule has 7 rings (SSSR count). The van der Waals surface area contributed by atoms with Crippen molar-refractivity contribution in [3.05, 3.63) is 53.6 Å². The van der Waals surface area contributed by atoms with Crippen molar-refractivity contribution in [1.82, 2.24) is 45.6 Å². The number of halogens is 4. The van der Waals surface area contributed by atoms with Crippen LogP contribution >= 0.6 is 0 Å². The van der Waals surface area contributed by atoms with E-state index in [1.807, 2.05) is 0 Å². The molecular weight excluding hydrogens is 807 g/mol. The number of H-pyrrole nitrogens is 1. The van der Waals surface area contributed by atoms with E-state index in [0.717, 1.165) is 32.1 Å². The third-order valence-electron chi connectivity index (χ3n) is 13.3. The third kappa shape index (κ3) is 9.33. The Hall–Kier alpha value is -5.03. The molecule has 0 bridgehead atoms. The van der Waals surface area contributed by atoms with Gasteiger partial charge in [0.15, 0.2) is 5.82 Å².